The second-order valence-electron chi connectivity index (χ2n) is 12.9. The van der Waals surface area contributed by atoms with Crippen LogP contribution in [-0.2, 0) is 0 Å². The molecule has 0 bridgehead atoms. The topological polar surface area (TPSA) is 65.0 Å². The van der Waals surface area contributed by atoms with Crippen LogP contribution in [0.3, 0.4) is 0 Å². The van der Waals surface area contributed by atoms with E-state index in [2.05, 4.69) is 6.07 Å². The first-order valence-corrected chi connectivity index (χ1v) is 17.3. The molecule has 0 saturated heterocycles. The van der Waals surface area contributed by atoms with E-state index >= 15 is 0 Å². The summed E-state index contributed by atoms with van der Waals surface area (Å²) in [7, 11) is 0. The number of fused-ring (bicyclic) bond motifs is 8. The summed E-state index contributed by atoms with van der Waals surface area (Å²) >= 11 is 0. The zero-order chi connectivity index (χ0) is 43.4. The second-order valence-corrected chi connectivity index (χ2v) is 12.9. The average molecular weight is 701 g/mol. The number of rotatable bonds is 5. The number of hydrogen-bond acceptors (Lipinski definition) is 5. The highest BCUT2D eigenvalue weighted by atomic mass is 16.3. The number of nitrogens with zero attached hydrogens (tertiary/aromatic N) is 3. The van der Waals surface area contributed by atoms with Gasteiger partial charge in [0.15, 0.2) is 17.5 Å². The molecule has 5 nitrogen and oxygen atoms in total. The standard InChI is InChI=1S/C49H29N3O2/c1-3-11-30(12-4-1)31-21-23-34(24-22-31)47-50-48(35-26-27-38-43(29-35)53-41-19-9-17-36(44(38)41)32-13-5-2-6-14-32)52-49(51-47)40-18-10-20-42-45(40)39-28-25-33-15-7-8-16-37(33)46(39)54-42/h1-29H/i7D,8D,10D,15D,16D,18D,20D,25D,28D. The molecule has 0 amide bonds. The van der Waals surface area contributed by atoms with E-state index in [1.165, 1.54) is 0 Å². The molecule has 0 saturated carbocycles. The van der Waals surface area contributed by atoms with Crippen molar-refractivity contribution in [1.82, 2.24) is 15.0 Å². The van der Waals surface area contributed by atoms with Crippen molar-refractivity contribution in [3.63, 3.8) is 0 Å². The third kappa shape index (κ3) is 4.90. The summed E-state index contributed by atoms with van der Waals surface area (Å²) in [5.41, 5.74) is 6.00. The fraction of sp³-hybridized carbons (Fsp3) is 0. The van der Waals surface area contributed by atoms with Crippen LogP contribution in [0.4, 0.5) is 0 Å². The molecule has 8 aromatic carbocycles. The van der Waals surface area contributed by atoms with E-state index in [0.717, 1.165) is 33.0 Å². The zero-order valence-corrected chi connectivity index (χ0v) is 28.2. The van der Waals surface area contributed by atoms with Crippen molar-refractivity contribution >= 4 is 54.6 Å². The molecular formula is C49H29N3O2. The quantitative estimate of drug-likeness (QED) is 0.179. The SMILES string of the molecule is [2H]c1c([2H])c(-c2nc(-c3ccc(-c4ccccc4)cc3)nc(-c3ccc4c(c3)oc3cccc(-c5ccccc5)c34)n2)c2c(oc3c4c([2H])c([2H])c([2H])c([2H])c4c([2H])c([2H])c32)c1[2H]. The van der Waals surface area contributed by atoms with Gasteiger partial charge in [0.2, 0.25) is 0 Å². The van der Waals surface area contributed by atoms with E-state index in [9.17, 15) is 2.74 Å². The summed E-state index contributed by atoms with van der Waals surface area (Å²) in [5.74, 6) is 0.339. The Morgan fingerprint density at radius 2 is 1.07 bits per heavy atom. The predicted molar refractivity (Wildman–Crippen MR) is 219 cm³/mol. The van der Waals surface area contributed by atoms with Crippen molar-refractivity contribution < 1.29 is 21.2 Å². The van der Waals surface area contributed by atoms with Crippen molar-refractivity contribution in [2.24, 2.45) is 0 Å². The lowest BCUT2D eigenvalue weighted by molar-refractivity contribution is 0.669. The first kappa shape index (κ1) is 22.5. The Hall–Kier alpha value is -7.37. The fourth-order valence-electron chi connectivity index (χ4n) is 7.15. The molecule has 0 aliphatic heterocycles. The van der Waals surface area contributed by atoms with Crippen LogP contribution in [0.25, 0.3) is 111 Å². The minimum Gasteiger partial charge on any atom is -0.456 e. The normalized spacial score (nSPS) is 14.0. The van der Waals surface area contributed by atoms with Gasteiger partial charge in [0.1, 0.15) is 22.3 Å². The van der Waals surface area contributed by atoms with Crippen LogP contribution in [0, 0.1) is 0 Å². The molecule has 252 valence electrons. The van der Waals surface area contributed by atoms with E-state index in [1.807, 2.05) is 115 Å². The van der Waals surface area contributed by atoms with E-state index in [4.69, 9.17) is 33.4 Å². The number of furan rings is 2. The first-order valence-electron chi connectivity index (χ1n) is 21.8. The second kappa shape index (κ2) is 12.1. The lowest BCUT2D eigenvalue weighted by atomic mass is 9.99. The maximum atomic E-state index is 9.34. The number of aromatic nitrogens is 3. The molecule has 0 atom stereocenters. The van der Waals surface area contributed by atoms with Gasteiger partial charge in [0.05, 0.1) is 12.3 Å². The van der Waals surface area contributed by atoms with Gasteiger partial charge in [-0.3, -0.25) is 0 Å². The predicted octanol–water partition coefficient (Wildman–Crippen LogP) is 13.2. The molecule has 5 heteroatoms. The van der Waals surface area contributed by atoms with E-state index in [1.54, 1.807) is 0 Å². The molecule has 11 rings (SSSR count). The first-order chi connectivity index (χ1) is 30.5. The molecule has 54 heavy (non-hydrogen) atoms. The molecule has 0 unspecified atom stereocenters. The van der Waals surface area contributed by atoms with Gasteiger partial charge >= 0.3 is 0 Å². The lowest BCUT2D eigenvalue weighted by Crippen LogP contribution is -2.00. The molecule has 0 spiro atoms. The van der Waals surface area contributed by atoms with Gasteiger partial charge < -0.3 is 8.83 Å². The summed E-state index contributed by atoms with van der Waals surface area (Å²) < 4.78 is 92.2. The minimum atomic E-state index is -0.570. The Morgan fingerprint density at radius 3 is 1.91 bits per heavy atom. The highest BCUT2D eigenvalue weighted by Crippen LogP contribution is 2.41. The maximum Gasteiger partial charge on any atom is 0.164 e. The van der Waals surface area contributed by atoms with Crippen LogP contribution in [0.2, 0.25) is 0 Å². The summed E-state index contributed by atoms with van der Waals surface area (Å²) in [5, 5.41) is 1.38. The number of hydrogen-bond donors (Lipinski definition) is 0. The Balaban J connectivity index is 1.19. The Labute approximate surface area is 322 Å². The molecule has 3 aromatic heterocycles. The molecule has 0 aliphatic carbocycles. The van der Waals surface area contributed by atoms with Gasteiger partial charge in [-0.15, -0.1) is 0 Å². The molecule has 0 fully saturated rings. The van der Waals surface area contributed by atoms with Crippen molar-refractivity contribution in [2.45, 2.75) is 0 Å². The molecule has 3 heterocycles. The summed E-state index contributed by atoms with van der Waals surface area (Å²) in [6.45, 7) is 0. The summed E-state index contributed by atoms with van der Waals surface area (Å²) in [4.78, 5) is 14.8. The van der Waals surface area contributed by atoms with Crippen molar-refractivity contribution in [1.29, 1.82) is 0 Å². The molecule has 11 aromatic rings. The van der Waals surface area contributed by atoms with E-state index in [-0.39, 0.29) is 55.7 Å². The Bertz CT molecular complexity index is 3720. The van der Waals surface area contributed by atoms with E-state index < -0.39 is 54.4 Å². The fourth-order valence-corrected chi connectivity index (χ4v) is 7.15. The largest absolute Gasteiger partial charge is 0.456 e. The Kier molecular flexibility index (Phi) is 5.06. The molecule has 0 aliphatic rings. The monoisotopic (exact) mass is 700 g/mol. The Morgan fingerprint density at radius 1 is 0.389 bits per heavy atom. The van der Waals surface area contributed by atoms with Crippen LogP contribution in [-0.4, -0.2) is 15.0 Å². The van der Waals surface area contributed by atoms with Gasteiger partial charge in [-0.25, -0.2) is 15.0 Å². The third-order valence-corrected chi connectivity index (χ3v) is 9.70. The molecule has 0 N–H and O–H groups in total. The molecular weight excluding hydrogens is 663 g/mol. The van der Waals surface area contributed by atoms with Crippen LogP contribution < -0.4 is 0 Å². The van der Waals surface area contributed by atoms with Crippen molar-refractivity contribution in [2.75, 3.05) is 0 Å². The van der Waals surface area contributed by atoms with Gasteiger partial charge in [-0.1, -0.05) is 145 Å². The average Bonchev–Trinajstić information content (AvgIpc) is 3.90. The van der Waals surface area contributed by atoms with Crippen LogP contribution in [0.1, 0.15) is 12.3 Å². The highest BCUT2D eigenvalue weighted by Gasteiger charge is 2.20. The minimum absolute atomic E-state index is 0.00693. The van der Waals surface area contributed by atoms with E-state index in [0.29, 0.717) is 22.3 Å². The van der Waals surface area contributed by atoms with Crippen LogP contribution in [0.5, 0.6) is 0 Å². The van der Waals surface area contributed by atoms with Gasteiger partial charge in [0, 0.05) is 43.6 Å². The van der Waals surface area contributed by atoms with Crippen LogP contribution in [0.15, 0.2) is 185 Å². The van der Waals surface area contributed by atoms with Crippen molar-refractivity contribution in [3.8, 4) is 56.4 Å². The highest BCUT2D eigenvalue weighted by molar-refractivity contribution is 6.19. The summed E-state index contributed by atoms with van der Waals surface area (Å²) in [6.07, 6.45) is 0. The zero-order valence-electron chi connectivity index (χ0n) is 37.2. The lowest BCUT2D eigenvalue weighted by Gasteiger charge is -2.10. The van der Waals surface area contributed by atoms with Crippen LogP contribution >= 0.6 is 0 Å². The van der Waals surface area contributed by atoms with Gasteiger partial charge in [-0.05, 0) is 57.9 Å². The number of benzene rings is 8. The smallest absolute Gasteiger partial charge is 0.164 e. The summed E-state index contributed by atoms with van der Waals surface area (Å²) in [6, 6.07) is 34.6. The van der Waals surface area contributed by atoms with Gasteiger partial charge in [-0.2, -0.15) is 0 Å². The van der Waals surface area contributed by atoms with Gasteiger partial charge in [0.25, 0.3) is 0 Å². The van der Waals surface area contributed by atoms with Crippen molar-refractivity contribution in [3.05, 3.63) is 176 Å². The maximum absolute atomic E-state index is 9.34. The molecule has 0 radical (unpaired) electrons. The third-order valence-electron chi connectivity index (χ3n) is 9.70.